The van der Waals surface area contributed by atoms with Crippen LogP contribution >= 0.6 is 0 Å². The molecular formula is C48H34N4. The minimum absolute atomic E-state index is 0.639. The number of nitrogens with zero attached hydrogens (tertiary/aromatic N) is 4. The smallest absolute Gasteiger partial charge is 0.164 e. The molecule has 2 aromatic heterocycles. The van der Waals surface area contributed by atoms with Crippen LogP contribution in [0.3, 0.4) is 0 Å². The summed E-state index contributed by atoms with van der Waals surface area (Å²) in [5.41, 5.74) is 12.8. The van der Waals surface area contributed by atoms with Crippen molar-refractivity contribution in [2.45, 2.75) is 13.8 Å². The first-order valence-electron chi connectivity index (χ1n) is 17.6. The third-order valence-corrected chi connectivity index (χ3v) is 9.68. The molecule has 0 unspecified atom stereocenters. The molecule has 0 amide bonds. The second-order valence-corrected chi connectivity index (χ2v) is 13.3. The normalized spacial score (nSPS) is 11.3. The predicted molar refractivity (Wildman–Crippen MR) is 215 cm³/mol. The molecule has 0 bridgehead atoms. The Morgan fingerprint density at radius 2 is 0.808 bits per heavy atom. The monoisotopic (exact) mass is 666 g/mol. The molecule has 0 spiro atoms. The van der Waals surface area contributed by atoms with E-state index in [-0.39, 0.29) is 0 Å². The van der Waals surface area contributed by atoms with Crippen molar-refractivity contribution in [2.75, 3.05) is 0 Å². The molecule has 246 valence electrons. The van der Waals surface area contributed by atoms with E-state index < -0.39 is 0 Å². The summed E-state index contributed by atoms with van der Waals surface area (Å²) in [6.07, 6.45) is 0. The van der Waals surface area contributed by atoms with E-state index in [1.54, 1.807) is 0 Å². The van der Waals surface area contributed by atoms with E-state index in [2.05, 4.69) is 178 Å². The lowest BCUT2D eigenvalue weighted by Crippen LogP contribution is -2.00. The molecule has 0 aliphatic carbocycles. The third-order valence-electron chi connectivity index (χ3n) is 9.68. The zero-order valence-electron chi connectivity index (χ0n) is 29.0. The van der Waals surface area contributed by atoms with Crippen LogP contribution in [0.5, 0.6) is 0 Å². The van der Waals surface area contributed by atoms with Crippen LogP contribution in [-0.2, 0) is 0 Å². The molecule has 0 saturated carbocycles. The van der Waals surface area contributed by atoms with Gasteiger partial charge in [0.15, 0.2) is 17.5 Å². The lowest BCUT2D eigenvalue weighted by molar-refractivity contribution is 1.07. The van der Waals surface area contributed by atoms with Crippen molar-refractivity contribution in [3.05, 3.63) is 181 Å². The zero-order valence-corrected chi connectivity index (χ0v) is 29.0. The molecule has 7 aromatic carbocycles. The number of hydrogen-bond acceptors (Lipinski definition) is 4. The summed E-state index contributed by atoms with van der Waals surface area (Å²) >= 11 is 0. The van der Waals surface area contributed by atoms with E-state index in [0.29, 0.717) is 17.5 Å². The molecule has 2 heterocycles. The Morgan fingerprint density at radius 3 is 1.37 bits per heavy atom. The van der Waals surface area contributed by atoms with Crippen molar-refractivity contribution in [1.82, 2.24) is 19.9 Å². The van der Waals surface area contributed by atoms with Gasteiger partial charge < -0.3 is 0 Å². The van der Waals surface area contributed by atoms with Gasteiger partial charge in [-0.05, 0) is 42.2 Å². The second kappa shape index (κ2) is 13.2. The summed E-state index contributed by atoms with van der Waals surface area (Å²) in [7, 11) is 0. The van der Waals surface area contributed by atoms with Gasteiger partial charge in [-0.1, -0.05) is 175 Å². The van der Waals surface area contributed by atoms with Crippen LogP contribution in [0.1, 0.15) is 11.1 Å². The van der Waals surface area contributed by atoms with E-state index in [1.807, 2.05) is 6.07 Å². The SMILES string of the molecule is Cc1ccc(-c2nc(-c3ccc(C)cc3)nc(-c3ccc(-c4ccc5c(c4)nc(-c4ccccc4)c4cccc(-c6ccccc6)c45)cc3)n2)cc1. The Morgan fingerprint density at radius 1 is 0.327 bits per heavy atom. The summed E-state index contributed by atoms with van der Waals surface area (Å²) in [5, 5.41) is 3.49. The highest BCUT2D eigenvalue weighted by molar-refractivity contribution is 6.17. The fourth-order valence-electron chi connectivity index (χ4n) is 6.89. The van der Waals surface area contributed by atoms with Gasteiger partial charge in [0.1, 0.15) is 0 Å². The van der Waals surface area contributed by atoms with Crippen molar-refractivity contribution in [3.8, 4) is 67.7 Å². The fraction of sp³-hybridized carbons (Fsp3) is 0.0417. The highest BCUT2D eigenvalue weighted by atomic mass is 15.0. The summed E-state index contributed by atoms with van der Waals surface area (Å²) in [6.45, 7) is 4.17. The van der Waals surface area contributed by atoms with E-state index >= 15 is 0 Å². The van der Waals surface area contributed by atoms with Crippen molar-refractivity contribution in [1.29, 1.82) is 0 Å². The Hall–Kier alpha value is -6.78. The van der Waals surface area contributed by atoms with Crippen LogP contribution in [0.4, 0.5) is 0 Å². The first-order chi connectivity index (χ1) is 25.6. The largest absolute Gasteiger partial charge is 0.247 e. The molecule has 9 rings (SSSR count). The Balaban J connectivity index is 1.15. The zero-order chi connectivity index (χ0) is 35.0. The molecule has 0 N–H and O–H groups in total. The summed E-state index contributed by atoms with van der Waals surface area (Å²) < 4.78 is 0. The minimum atomic E-state index is 0.639. The van der Waals surface area contributed by atoms with Crippen molar-refractivity contribution < 1.29 is 0 Å². The predicted octanol–water partition coefficient (Wildman–Crippen LogP) is 12.2. The maximum absolute atomic E-state index is 5.32. The Labute approximate surface area is 303 Å². The maximum atomic E-state index is 5.32. The van der Waals surface area contributed by atoms with Gasteiger partial charge in [-0.3, -0.25) is 0 Å². The van der Waals surface area contributed by atoms with Gasteiger partial charge >= 0.3 is 0 Å². The molecule has 9 aromatic rings. The highest BCUT2D eigenvalue weighted by Crippen LogP contribution is 2.39. The Bertz CT molecular complexity index is 2640. The second-order valence-electron chi connectivity index (χ2n) is 13.3. The first kappa shape index (κ1) is 31.2. The van der Waals surface area contributed by atoms with Gasteiger partial charge in [0.05, 0.1) is 11.2 Å². The quantitative estimate of drug-likeness (QED) is 0.166. The van der Waals surface area contributed by atoms with Gasteiger partial charge in [0, 0.05) is 38.4 Å². The molecule has 0 radical (unpaired) electrons. The fourth-order valence-corrected chi connectivity index (χ4v) is 6.89. The lowest BCUT2D eigenvalue weighted by Gasteiger charge is -2.15. The molecule has 0 fully saturated rings. The number of aromatic nitrogens is 4. The minimum Gasteiger partial charge on any atom is -0.247 e. The number of aryl methyl sites for hydroxylation is 2. The number of hydrogen-bond donors (Lipinski definition) is 0. The van der Waals surface area contributed by atoms with Crippen LogP contribution in [-0.4, -0.2) is 19.9 Å². The van der Waals surface area contributed by atoms with Crippen LogP contribution in [0.2, 0.25) is 0 Å². The number of pyridine rings is 1. The number of benzene rings is 7. The van der Waals surface area contributed by atoms with E-state index in [1.165, 1.54) is 27.6 Å². The molecule has 4 nitrogen and oxygen atoms in total. The highest BCUT2D eigenvalue weighted by Gasteiger charge is 2.16. The first-order valence-corrected chi connectivity index (χ1v) is 17.6. The van der Waals surface area contributed by atoms with Gasteiger partial charge in [0.25, 0.3) is 0 Å². The maximum Gasteiger partial charge on any atom is 0.164 e. The van der Waals surface area contributed by atoms with Crippen molar-refractivity contribution >= 4 is 21.7 Å². The van der Waals surface area contributed by atoms with E-state index in [4.69, 9.17) is 19.9 Å². The molecule has 52 heavy (non-hydrogen) atoms. The summed E-state index contributed by atoms with van der Waals surface area (Å²) in [5.74, 6) is 1.95. The van der Waals surface area contributed by atoms with E-state index in [9.17, 15) is 0 Å². The molecule has 4 heteroatoms. The summed E-state index contributed by atoms with van der Waals surface area (Å²) in [6, 6.07) is 59.4. The van der Waals surface area contributed by atoms with Crippen LogP contribution in [0.15, 0.2) is 170 Å². The molecule has 0 saturated heterocycles. The van der Waals surface area contributed by atoms with Gasteiger partial charge in [-0.15, -0.1) is 0 Å². The van der Waals surface area contributed by atoms with Crippen LogP contribution < -0.4 is 0 Å². The summed E-state index contributed by atoms with van der Waals surface area (Å²) in [4.78, 5) is 20.1. The Kier molecular flexibility index (Phi) is 7.90. The van der Waals surface area contributed by atoms with Gasteiger partial charge in [0.2, 0.25) is 0 Å². The molecule has 0 aliphatic rings. The van der Waals surface area contributed by atoms with Crippen molar-refractivity contribution in [3.63, 3.8) is 0 Å². The van der Waals surface area contributed by atoms with Gasteiger partial charge in [-0.25, -0.2) is 19.9 Å². The lowest BCUT2D eigenvalue weighted by atomic mass is 9.92. The van der Waals surface area contributed by atoms with Gasteiger partial charge in [-0.2, -0.15) is 0 Å². The topological polar surface area (TPSA) is 51.6 Å². The van der Waals surface area contributed by atoms with E-state index in [0.717, 1.165) is 55.4 Å². The average molecular weight is 667 g/mol. The standard InChI is InChI=1S/C48H34N4/c1-31-16-20-36(21-17-31)46-50-47(37-22-18-32(2)19-23-37)52-48(51-46)38-26-24-33(25-27-38)39-28-29-41-43(30-39)49-45(35-12-7-4-8-13-35)42-15-9-14-40(44(41)42)34-10-5-3-6-11-34/h3-30H,1-2H3. The molecule has 0 aliphatic heterocycles. The molecular weight excluding hydrogens is 633 g/mol. The number of rotatable bonds is 6. The number of fused-ring (bicyclic) bond motifs is 3. The third kappa shape index (κ3) is 5.91. The average Bonchev–Trinajstić information content (AvgIpc) is 3.21. The van der Waals surface area contributed by atoms with Crippen LogP contribution in [0.25, 0.3) is 89.4 Å². The molecule has 0 atom stereocenters. The van der Waals surface area contributed by atoms with Crippen LogP contribution in [0, 0.1) is 13.8 Å². The van der Waals surface area contributed by atoms with Crippen molar-refractivity contribution in [2.24, 2.45) is 0 Å².